The zero-order valence-electron chi connectivity index (χ0n) is 22.8. The van der Waals surface area contributed by atoms with Crippen molar-refractivity contribution < 1.29 is 9.47 Å². The zero-order chi connectivity index (χ0) is 25.5. The lowest BCUT2D eigenvalue weighted by Gasteiger charge is -2.47. The van der Waals surface area contributed by atoms with E-state index in [0.29, 0.717) is 11.5 Å². The van der Waals surface area contributed by atoms with Crippen molar-refractivity contribution in [3.63, 3.8) is 0 Å². The van der Waals surface area contributed by atoms with Crippen LogP contribution in [0.1, 0.15) is 83.8 Å². The molecule has 4 heterocycles. The highest BCUT2D eigenvalue weighted by atomic mass is 16.6. The highest BCUT2D eigenvalue weighted by Crippen LogP contribution is 2.47. The number of aromatic nitrogens is 5. The number of hydrogen-bond acceptors (Lipinski definition) is 8. The molecule has 0 aromatic carbocycles. The van der Waals surface area contributed by atoms with Gasteiger partial charge in [-0.1, -0.05) is 20.8 Å². The largest absolute Gasteiger partial charge is 0.376 e. The molecule has 2 aromatic heterocycles. The fourth-order valence-corrected chi connectivity index (χ4v) is 6.37. The fraction of sp³-hybridized carbons (Fsp3) is 0.786. The van der Waals surface area contributed by atoms with E-state index in [9.17, 15) is 0 Å². The second kappa shape index (κ2) is 9.89. The molecule has 0 unspecified atom stereocenters. The summed E-state index contributed by atoms with van der Waals surface area (Å²) in [5, 5.41) is 17.4. The van der Waals surface area contributed by atoms with E-state index in [1.54, 1.807) is 0 Å². The number of aryl methyl sites for hydroxylation is 1. The molecule has 0 amide bonds. The average molecular weight is 510 g/mol. The number of anilines is 1. The van der Waals surface area contributed by atoms with Gasteiger partial charge in [-0.25, -0.2) is 4.98 Å². The number of nitrogens with one attached hydrogen (secondary N) is 1. The van der Waals surface area contributed by atoms with E-state index in [0.717, 1.165) is 88.3 Å². The molecule has 202 valence electrons. The number of likely N-dealkylation sites (tertiary alicyclic amines) is 1. The standard InChI is InChI=1S/C28H43N7O2/c1-4-22-30-25(27(3)11-12-27)35(33-22)24-6-5-23(31-32-24)29-21-7-9-26(2,10-8-21)19-34-15-13-28(14-16-34)20-36-17-18-37-28/h5-6,21H,4,7-20H2,1-3H3,(H,29,31). The van der Waals surface area contributed by atoms with E-state index >= 15 is 0 Å². The molecule has 2 saturated carbocycles. The maximum atomic E-state index is 6.12. The summed E-state index contributed by atoms with van der Waals surface area (Å²) >= 11 is 0. The molecule has 9 heteroatoms. The highest BCUT2D eigenvalue weighted by Gasteiger charge is 2.44. The minimum atomic E-state index is -0.0164. The van der Waals surface area contributed by atoms with Gasteiger partial charge in [0.15, 0.2) is 11.6 Å². The molecule has 37 heavy (non-hydrogen) atoms. The van der Waals surface area contributed by atoms with Gasteiger partial charge in [-0.2, -0.15) is 4.68 Å². The molecular formula is C28H43N7O2. The lowest BCUT2D eigenvalue weighted by Crippen LogP contribution is -2.53. The number of nitrogens with zero attached hydrogens (tertiary/aromatic N) is 6. The minimum absolute atomic E-state index is 0.0164. The van der Waals surface area contributed by atoms with Crippen LogP contribution < -0.4 is 5.32 Å². The number of ether oxygens (including phenoxy) is 2. The Morgan fingerprint density at radius 3 is 2.41 bits per heavy atom. The maximum Gasteiger partial charge on any atom is 0.178 e. The van der Waals surface area contributed by atoms with Gasteiger partial charge in [-0.05, 0) is 68.9 Å². The third-order valence-corrected chi connectivity index (χ3v) is 9.29. The van der Waals surface area contributed by atoms with Crippen LogP contribution in [0.15, 0.2) is 12.1 Å². The third-order valence-electron chi connectivity index (χ3n) is 9.29. The quantitative estimate of drug-likeness (QED) is 0.601. The van der Waals surface area contributed by atoms with Crippen molar-refractivity contribution in [3.05, 3.63) is 23.8 Å². The first-order valence-electron chi connectivity index (χ1n) is 14.4. The van der Waals surface area contributed by atoms with Gasteiger partial charge in [0.25, 0.3) is 0 Å². The third kappa shape index (κ3) is 5.40. The normalized spacial score (nSPS) is 29.3. The van der Waals surface area contributed by atoms with Crippen LogP contribution in [0.4, 0.5) is 5.82 Å². The monoisotopic (exact) mass is 509 g/mol. The average Bonchev–Trinajstić information content (AvgIpc) is 3.51. The van der Waals surface area contributed by atoms with Crippen LogP contribution in [0.25, 0.3) is 5.82 Å². The van der Waals surface area contributed by atoms with E-state index in [-0.39, 0.29) is 11.0 Å². The van der Waals surface area contributed by atoms with Crippen LogP contribution in [-0.4, -0.2) is 81.0 Å². The van der Waals surface area contributed by atoms with Crippen molar-refractivity contribution >= 4 is 5.82 Å². The molecule has 1 spiro atoms. The van der Waals surface area contributed by atoms with E-state index in [1.807, 2.05) is 16.8 Å². The number of rotatable bonds is 7. The first-order chi connectivity index (χ1) is 17.9. The molecule has 0 atom stereocenters. The SMILES string of the molecule is CCc1nc(C2(C)CC2)n(-c2ccc(NC3CCC(C)(CN4CCC5(CC4)COCCO5)CC3)nn2)n1. The van der Waals surface area contributed by atoms with Crippen molar-refractivity contribution in [2.24, 2.45) is 5.41 Å². The molecule has 1 N–H and O–H groups in total. The summed E-state index contributed by atoms with van der Waals surface area (Å²) in [6, 6.07) is 4.52. The van der Waals surface area contributed by atoms with Crippen LogP contribution in [0.2, 0.25) is 0 Å². The molecule has 2 aromatic rings. The Bertz CT molecular complexity index is 1060. The van der Waals surface area contributed by atoms with Crippen molar-refractivity contribution in [3.8, 4) is 5.82 Å². The molecule has 0 radical (unpaired) electrons. The van der Waals surface area contributed by atoms with Gasteiger partial charge in [0.05, 0.1) is 25.4 Å². The van der Waals surface area contributed by atoms with Crippen molar-refractivity contribution in [1.29, 1.82) is 0 Å². The molecule has 2 aliphatic heterocycles. The summed E-state index contributed by atoms with van der Waals surface area (Å²) in [4.78, 5) is 7.44. The van der Waals surface area contributed by atoms with Crippen molar-refractivity contribution in [2.75, 3.05) is 44.8 Å². The first kappa shape index (κ1) is 25.2. The molecule has 4 aliphatic rings. The Kier molecular flexibility index (Phi) is 6.74. The lowest BCUT2D eigenvalue weighted by atomic mass is 9.73. The summed E-state index contributed by atoms with van der Waals surface area (Å²) < 4.78 is 13.7. The molecule has 9 nitrogen and oxygen atoms in total. The number of piperidine rings is 1. The summed E-state index contributed by atoms with van der Waals surface area (Å²) in [6.07, 6.45) is 10.1. The van der Waals surface area contributed by atoms with E-state index in [4.69, 9.17) is 19.6 Å². The molecule has 2 aliphatic carbocycles. The van der Waals surface area contributed by atoms with Crippen LogP contribution in [0.5, 0.6) is 0 Å². The van der Waals surface area contributed by atoms with E-state index in [1.165, 1.54) is 32.2 Å². The minimum Gasteiger partial charge on any atom is -0.376 e. The second-order valence-corrected chi connectivity index (χ2v) is 12.5. The van der Waals surface area contributed by atoms with Crippen LogP contribution in [0, 0.1) is 5.41 Å². The van der Waals surface area contributed by atoms with Gasteiger partial charge in [-0.15, -0.1) is 15.3 Å². The van der Waals surface area contributed by atoms with Crippen LogP contribution >= 0.6 is 0 Å². The molecular weight excluding hydrogens is 466 g/mol. The number of hydrogen-bond donors (Lipinski definition) is 1. The lowest BCUT2D eigenvalue weighted by molar-refractivity contribution is -0.178. The maximum absolute atomic E-state index is 6.12. The van der Waals surface area contributed by atoms with Crippen molar-refractivity contribution in [1.82, 2.24) is 29.9 Å². The predicted molar refractivity (Wildman–Crippen MR) is 142 cm³/mol. The predicted octanol–water partition coefficient (Wildman–Crippen LogP) is 3.91. The smallest absolute Gasteiger partial charge is 0.178 e. The van der Waals surface area contributed by atoms with Gasteiger partial charge in [0.1, 0.15) is 11.6 Å². The summed E-state index contributed by atoms with van der Waals surface area (Å²) in [6.45, 7) is 12.5. The fourth-order valence-electron chi connectivity index (χ4n) is 6.37. The van der Waals surface area contributed by atoms with Gasteiger partial charge >= 0.3 is 0 Å². The Morgan fingerprint density at radius 2 is 1.78 bits per heavy atom. The Hall–Kier alpha value is -2.10. The highest BCUT2D eigenvalue weighted by molar-refractivity contribution is 5.38. The topological polar surface area (TPSA) is 90.2 Å². The molecule has 6 rings (SSSR count). The Labute approximate surface area is 220 Å². The van der Waals surface area contributed by atoms with E-state index < -0.39 is 0 Å². The van der Waals surface area contributed by atoms with Crippen LogP contribution in [-0.2, 0) is 21.3 Å². The first-order valence-corrected chi connectivity index (χ1v) is 14.4. The Balaban J connectivity index is 1.01. The van der Waals surface area contributed by atoms with Gasteiger partial charge < -0.3 is 19.7 Å². The molecule has 4 fully saturated rings. The van der Waals surface area contributed by atoms with Crippen LogP contribution in [0.3, 0.4) is 0 Å². The van der Waals surface area contributed by atoms with Gasteiger partial charge in [-0.3, -0.25) is 0 Å². The second-order valence-electron chi connectivity index (χ2n) is 12.5. The zero-order valence-corrected chi connectivity index (χ0v) is 22.8. The summed E-state index contributed by atoms with van der Waals surface area (Å²) in [7, 11) is 0. The van der Waals surface area contributed by atoms with Crippen molar-refractivity contribution in [2.45, 2.75) is 95.6 Å². The van der Waals surface area contributed by atoms with E-state index in [2.05, 4.69) is 41.2 Å². The van der Waals surface area contributed by atoms with Gasteiger partial charge in [0.2, 0.25) is 0 Å². The van der Waals surface area contributed by atoms with Gasteiger partial charge in [0, 0.05) is 37.5 Å². The summed E-state index contributed by atoms with van der Waals surface area (Å²) in [5.41, 5.74) is 0.487. The Morgan fingerprint density at radius 1 is 1.00 bits per heavy atom. The molecule has 0 bridgehead atoms. The summed E-state index contributed by atoms with van der Waals surface area (Å²) in [5.74, 6) is 3.50. The molecule has 2 saturated heterocycles.